The van der Waals surface area contributed by atoms with Gasteiger partial charge in [-0.25, -0.2) is 9.38 Å². The van der Waals surface area contributed by atoms with Crippen LogP contribution < -0.4 is 0 Å². The van der Waals surface area contributed by atoms with Crippen LogP contribution in [0.2, 0.25) is 0 Å². The van der Waals surface area contributed by atoms with Crippen LogP contribution in [0.1, 0.15) is 16.7 Å². The zero-order chi connectivity index (χ0) is 25.4. The van der Waals surface area contributed by atoms with Crippen LogP contribution in [0.15, 0.2) is 78.0 Å². The number of nitrogens with one attached hydrogen (secondary N) is 1. The number of rotatable bonds is 5. The van der Waals surface area contributed by atoms with Gasteiger partial charge in [-0.15, -0.1) is 0 Å². The molecule has 7 nitrogen and oxygen atoms in total. The van der Waals surface area contributed by atoms with Gasteiger partial charge in [-0.2, -0.15) is 0 Å². The number of aromatic amines is 1. The number of likely N-dealkylation sites (N-methyl/N-ethyl adjacent to an activating group) is 1. The average molecular weight is 495 g/mol. The smallest absolute Gasteiger partial charge is 0.199 e. The second kappa shape index (κ2) is 9.72. The Morgan fingerprint density at radius 3 is 2.49 bits per heavy atom. The van der Waals surface area contributed by atoms with Crippen molar-refractivity contribution in [1.29, 1.82) is 0 Å². The van der Waals surface area contributed by atoms with E-state index in [-0.39, 0.29) is 11.7 Å². The van der Waals surface area contributed by atoms with Crippen molar-refractivity contribution in [2.75, 3.05) is 33.2 Å². The highest BCUT2D eigenvalue weighted by Crippen LogP contribution is 2.32. The molecule has 0 spiro atoms. The van der Waals surface area contributed by atoms with Crippen molar-refractivity contribution in [3.05, 3.63) is 95.6 Å². The SMILES string of the molecule is CN1CCN(Cc2ccc(N=C(c3ccc4nccnc4c3)c3c(O)[nH]c4cc(F)ccc34)cc2)CC1. The van der Waals surface area contributed by atoms with Crippen LogP contribution in [-0.4, -0.2) is 68.8 Å². The van der Waals surface area contributed by atoms with Gasteiger partial charge in [-0.1, -0.05) is 18.2 Å². The molecule has 37 heavy (non-hydrogen) atoms. The molecule has 1 aliphatic rings. The van der Waals surface area contributed by atoms with E-state index in [1.807, 2.05) is 30.3 Å². The standard InChI is InChI=1S/C29H27FN6O/c1-35-12-14-36(15-13-35)18-19-2-6-22(7-3-19)33-28(20-4-9-24-26(16-20)32-11-10-31-24)27-23-8-5-21(30)17-25(23)34-29(27)37/h2-11,16-17,34,37H,12-15,18H2,1H3. The predicted molar refractivity (Wildman–Crippen MR) is 144 cm³/mol. The first-order valence-electron chi connectivity index (χ1n) is 12.3. The Kier molecular flexibility index (Phi) is 6.12. The van der Waals surface area contributed by atoms with Gasteiger partial charge in [0.25, 0.3) is 0 Å². The molecule has 3 heterocycles. The summed E-state index contributed by atoms with van der Waals surface area (Å²) in [5.41, 5.74) is 5.83. The van der Waals surface area contributed by atoms with E-state index in [0.29, 0.717) is 22.2 Å². The summed E-state index contributed by atoms with van der Waals surface area (Å²) in [5.74, 6) is -0.444. The number of benzene rings is 3. The number of H-pyrrole nitrogens is 1. The first-order valence-corrected chi connectivity index (χ1v) is 12.3. The minimum Gasteiger partial charge on any atom is -0.494 e. The van der Waals surface area contributed by atoms with Gasteiger partial charge >= 0.3 is 0 Å². The molecule has 0 unspecified atom stereocenters. The normalized spacial score (nSPS) is 15.6. The molecule has 1 aliphatic heterocycles. The zero-order valence-corrected chi connectivity index (χ0v) is 20.5. The fourth-order valence-corrected chi connectivity index (χ4v) is 4.84. The number of halogens is 1. The van der Waals surface area contributed by atoms with Crippen LogP contribution in [-0.2, 0) is 6.54 Å². The van der Waals surface area contributed by atoms with E-state index in [1.165, 1.54) is 17.7 Å². The summed E-state index contributed by atoms with van der Waals surface area (Å²) in [6, 6.07) is 18.3. The number of piperazine rings is 1. The van der Waals surface area contributed by atoms with Gasteiger partial charge in [0.2, 0.25) is 0 Å². The molecule has 0 aliphatic carbocycles. The molecule has 6 rings (SSSR count). The number of hydrogen-bond donors (Lipinski definition) is 2. The highest BCUT2D eigenvalue weighted by atomic mass is 19.1. The van der Waals surface area contributed by atoms with Gasteiger partial charge in [0.05, 0.1) is 33.5 Å². The van der Waals surface area contributed by atoms with Crippen molar-refractivity contribution in [2.24, 2.45) is 4.99 Å². The Labute approximate surface area is 213 Å². The van der Waals surface area contributed by atoms with E-state index in [2.05, 4.69) is 43.9 Å². The van der Waals surface area contributed by atoms with Gasteiger partial charge < -0.3 is 15.0 Å². The number of aliphatic imine (C=N–C) groups is 1. The molecular weight excluding hydrogens is 467 g/mol. The monoisotopic (exact) mass is 494 g/mol. The van der Waals surface area contributed by atoms with Crippen molar-refractivity contribution in [3.8, 4) is 5.88 Å². The number of hydrogen-bond acceptors (Lipinski definition) is 6. The van der Waals surface area contributed by atoms with Crippen LogP contribution in [0.5, 0.6) is 5.88 Å². The number of fused-ring (bicyclic) bond motifs is 2. The molecule has 2 N–H and O–H groups in total. The van der Waals surface area contributed by atoms with E-state index in [9.17, 15) is 9.50 Å². The molecule has 1 saturated heterocycles. The van der Waals surface area contributed by atoms with E-state index in [1.54, 1.807) is 18.5 Å². The summed E-state index contributed by atoms with van der Waals surface area (Å²) in [6.45, 7) is 5.19. The number of nitrogens with zero attached hydrogens (tertiary/aromatic N) is 5. The lowest BCUT2D eigenvalue weighted by molar-refractivity contribution is 0.148. The quantitative estimate of drug-likeness (QED) is 0.341. The van der Waals surface area contributed by atoms with Gasteiger partial charge in [-0.05, 0) is 55.1 Å². The van der Waals surface area contributed by atoms with Gasteiger partial charge in [0.15, 0.2) is 5.88 Å². The second-order valence-corrected chi connectivity index (χ2v) is 9.50. The second-order valence-electron chi connectivity index (χ2n) is 9.50. The van der Waals surface area contributed by atoms with Gasteiger partial charge in [-0.3, -0.25) is 14.9 Å². The summed E-state index contributed by atoms with van der Waals surface area (Å²) < 4.78 is 13.9. The number of aromatic nitrogens is 3. The van der Waals surface area contributed by atoms with Crippen molar-refractivity contribution in [2.45, 2.75) is 6.54 Å². The maximum absolute atomic E-state index is 13.9. The summed E-state index contributed by atoms with van der Waals surface area (Å²) >= 11 is 0. The molecule has 1 fully saturated rings. The van der Waals surface area contributed by atoms with E-state index < -0.39 is 0 Å². The van der Waals surface area contributed by atoms with Crippen LogP contribution >= 0.6 is 0 Å². The molecule has 5 aromatic rings. The molecule has 0 atom stereocenters. The van der Waals surface area contributed by atoms with Crippen molar-refractivity contribution in [1.82, 2.24) is 24.8 Å². The minimum atomic E-state index is -0.379. The zero-order valence-electron chi connectivity index (χ0n) is 20.5. The Hall–Kier alpha value is -4.14. The summed E-state index contributed by atoms with van der Waals surface area (Å²) in [5, 5.41) is 11.6. The highest BCUT2D eigenvalue weighted by molar-refractivity contribution is 6.22. The summed E-state index contributed by atoms with van der Waals surface area (Å²) in [7, 11) is 2.16. The topological polar surface area (TPSA) is 80.6 Å². The molecule has 3 aromatic carbocycles. The Bertz CT molecular complexity index is 1600. The first kappa shape index (κ1) is 23.3. The lowest BCUT2D eigenvalue weighted by Crippen LogP contribution is -2.43. The highest BCUT2D eigenvalue weighted by Gasteiger charge is 2.20. The van der Waals surface area contributed by atoms with Gasteiger partial charge in [0, 0.05) is 56.1 Å². The fraction of sp³-hybridized carbons (Fsp3) is 0.207. The Balaban J connectivity index is 1.41. The molecule has 186 valence electrons. The van der Waals surface area contributed by atoms with Crippen molar-refractivity contribution < 1.29 is 9.50 Å². The largest absolute Gasteiger partial charge is 0.494 e. The third kappa shape index (κ3) is 4.81. The summed E-state index contributed by atoms with van der Waals surface area (Å²) in [6.07, 6.45) is 3.30. The van der Waals surface area contributed by atoms with E-state index in [0.717, 1.165) is 55.0 Å². The Morgan fingerprint density at radius 2 is 1.70 bits per heavy atom. The molecule has 0 radical (unpaired) electrons. The molecule has 0 bridgehead atoms. The third-order valence-corrected chi connectivity index (χ3v) is 6.90. The summed E-state index contributed by atoms with van der Waals surface area (Å²) in [4.78, 5) is 21.5. The van der Waals surface area contributed by atoms with Gasteiger partial charge in [0.1, 0.15) is 5.82 Å². The average Bonchev–Trinajstić information content (AvgIpc) is 3.23. The Morgan fingerprint density at radius 1 is 0.946 bits per heavy atom. The predicted octanol–water partition coefficient (Wildman–Crippen LogP) is 4.87. The lowest BCUT2D eigenvalue weighted by Gasteiger charge is -2.32. The minimum absolute atomic E-state index is 0.0646. The van der Waals surface area contributed by atoms with Crippen LogP contribution in [0, 0.1) is 5.82 Å². The van der Waals surface area contributed by atoms with Crippen LogP contribution in [0.4, 0.5) is 10.1 Å². The van der Waals surface area contributed by atoms with Crippen molar-refractivity contribution in [3.63, 3.8) is 0 Å². The molecule has 8 heteroatoms. The van der Waals surface area contributed by atoms with Crippen molar-refractivity contribution >= 4 is 33.3 Å². The van der Waals surface area contributed by atoms with Crippen LogP contribution in [0.3, 0.4) is 0 Å². The molecule has 0 amide bonds. The molecular formula is C29H27FN6O. The molecule has 2 aromatic heterocycles. The molecule has 0 saturated carbocycles. The first-order chi connectivity index (χ1) is 18.0. The number of aromatic hydroxyl groups is 1. The third-order valence-electron chi connectivity index (χ3n) is 6.90. The maximum Gasteiger partial charge on any atom is 0.199 e. The van der Waals surface area contributed by atoms with Crippen LogP contribution in [0.25, 0.3) is 21.9 Å². The van der Waals surface area contributed by atoms with E-state index in [4.69, 9.17) is 4.99 Å². The maximum atomic E-state index is 13.9. The lowest BCUT2D eigenvalue weighted by atomic mass is 10.00. The fourth-order valence-electron chi connectivity index (χ4n) is 4.84. The van der Waals surface area contributed by atoms with E-state index >= 15 is 0 Å².